The van der Waals surface area contributed by atoms with Gasteiger partial charge in [0.25, 0.3) is 5.69 Å². The summed E-state index contributed by atoms with van der Waals surface area (Å²) in [5.41, 5.74) is 3.54. The molecule has 0 saturated heterocycles. The van der Waals surface area contributed by atoms with Gasteiger partial charge in [0.2, 0.25) is 5.91 Å². The molecule has 1 saturated carbocycles. The Bertz CT molecular complexity index is 1400. The number of benzene rings is 2. The Kier molecular flexibility index (Phi) is 4.57. The summed E-state index contributed by atoms with van der Waals surface area (Å²) < 4.78 is 5.13. The van der Waals surface area contributed by atoms with Gasteiger partial charge in [-0.05, 0) is 67.5 Å². The molecule has 1 aromatic heterocycles. The Labute approximate surface area is 197 Å². The number of aromatic nitrogens is 2. The Hall–Kier alpha value is -3.55. The van der Waals surface area contributed by atoms with Crippen LogP contribution in [0.3, 0.4) is 0 Å². The number of rotatable bonds is 4. The van der Waals surface area contributed by atoms with Gasteiger partial charge in [-0.25, -0.2) is 9.97 Å². The van der Waals surface area contributed by atoms with E-state index in [0.29, 0.717) is 17.9 Å². The number of nitro groups is 1. The molecule has 2 atom stereocenters. The molecule has 5 rings (SSSR count). The molecule has 34 heavy (non-hydrogen) atoms. The average molecular weight is 461 g/mol. The highest BCUT2D eigenvalue weighted by Crippen LogP contribution is 2.70. The number of carbonyl (C=O) groups excluding carboxylic acids is 1. The van der Waals surface area contributed by atoms with Gasteiger partial charge in [0, 0.05) is 5.41 Å². The van der Waals surface area contributed by atoms with Crippen molar-refractivity contribution in [2.24, 2.45) is 5.41 Å². The van der Waals surface area contributed by atoms with Crippen LogP contribution in [0.2, 0.25) is 0 Å². The Morgan fingerprint density at radius 1 is 1.03 bits per heavy atom. The van der Waals surface area contributed by atoms with Gasteiger partial charge >= 0.3 is 0 Å². The number of nitro benzene ring substituents is 1. The molecule has 2 aliphatic rings. The number of carbonyl (C=O) groups is 1. The predicted octanol–water partition coefficient (Wildman–Crippen LogP) is 5.13. The van der Waals surface area contributed by atoms with Gasteiger partial charge in [0.05, 0.1) is 45.9 Å². The van der Waals surface area contributed by atoms with E-state index in [-0.39, 0.29) is 22.7 Å². The zero-order valence-electron chi connectivity index (χ0n) is 20.3. The first-order valence-electron chi connectivity index (χ1n) is 11.4. The molecule has 0 radical (unpaired) electrons. The number of hydrogen-bond acceptors (Lipinski definition) is 6. The molecule has 1 heterocycles. The maximum absolute atomic E-state index is 14.1. The van der Waals surface area contributed by atoms with E-state index in [4.69, 9.17) is 14.7 Å². The molecule has 3 aromatic rings. The third-order valence-corrected chi connectivity index (χ3v) is 8.69. The van der Waals surface area contributed by atoms with Crippen LogP contribution in [0.1, 0.15) is 56.1 Å². The minimum atomic E-state index is -0.954. The van der Waals surface area contributed by atoms with Crippen LogP contribution in [0.4, 0.5) is 11.4 Å². The number of aryl methyl sites for hydroxylation is 2. The van der Waals surface area contributed by atoms with E-state index in [1.807, 2.05) is 19.1 Å². The van der Waals surface area contributed by atoms with Gasteiger partial charge in [-0.15, -0.1) is 0 Å². The summed E-state index contributed by atoms with van der Waals surface area (Å²) in [7, 11) is 1.44. The molecule has 1 amide bonds. The van der Waals surface area contributed by atoms with Crippen molar-refractivity contribution in [3.63, 3.8) is 0 Å². The van der Waals surface area contributed by atoms with Crippen LogP contribution in [-0.2, 0) is 15.6 Å². The summed E-state index contributed by atoms with van der Waals surface area (Å²) >= 11 is 0. The molecule has 1 N–H and O–H groups in total. The fourth-order valence-electron chi connectivity index (χ4n) is 5.99. The molecule has 0 aliphatic heterocycles. The standard InChI is InChI=1S/C26H28N4O4/c1-14-11-18-19(12-15(14)2)28-22-21(27-18)25(5)9-10-26(22,24(25,3)4)23(31)29-17-8-7-16(34-6)13-20(17)30(32)33/h7-8,11-13H,9-10H2,1-6H3,(H,29,31). The zero-order chi connectivity index (χ0) is 24.6. The van der Waals surface area contributed by atoms with Gasteiger partial charge in [-0.2, -0.15) is 0 Å². The molecule has 0 spiro atoms. The summed E-state index contributed by atoms with van der Waals surface area (Å²) in [5, 5.41) is 14.6. The van der Waals surface area contributed by atoms with E-state index in [2.05, 4.69) is 33.0 Å². The highest BCUT2D eigenvalue weighted by Gasteiger charge is 2.73. The smallest absolute Gasteiger partial charge is 0.296 e. The normalized spacial score (nSPS) is 24.2. The fraction of sp³-hybridized carbons (Fsp3) is 0.423. The summed E-state index contributed by atoms with van der Waals surface area (Å²) in [6, 6.07) is 8.50. The quantitative estimate of drug-likeness (QED) is 0.427. The average Bonchev–Trinajstić information content (AvgIpc) is 3.08. The number of methoxy groups -OCH3 is 1. The van der Waals surface area contributed by atoms with E-state index in [1.165, 1.54) is 19.2 Å². The monoisotopic (exact) mass is 460 g/mol. The Balaban J connectivity index is 1.68. The Morgan fingerprint density at radius 2 is 1.65 bits per heavy atom. The maximum atomic E-state index is 14.1. The summed E-state index contributed by atoms with van der Waals surface area (Å²) in [6.07, 6.45) is 1.39. The summed E-state index contributed by atoms with van der Waals surface area (Å²) in [6.45, 7) is 10.4. The molecule has 2 unspecified atom stereocenters. The molecule has 2 aliphatic carbocycles. The van der Waals surface area contributed by atoms with E-state index in [0.717, 1.165) is 34.3 Å². The first kappa shape index (κ1) is 22.3. The molecule has 8 heteroatoms. The van der Waals surface area contributed by atoms with E-state index >= 15 is 0 Å². The molecule has 2 bridgehead atoms. The molecular formula is C26H28N4O4. The lowest BCUT2D eigenvalue weighted by molar-refractivity contribution is -0.384. The molecule has 176 valence electrons. The van der Waals surface area contributed by atoms with Gasteiger partial charge in [0.15, 0.2) is 0 Å². The zero-order valence-corrected chi connectivity index (χ0v) is 20.3. The fourth-order valence-corrected chi connectivity index (χ4v) is 5.99. The lowest BCUT2D eigenvalue weighted by atomic mass is 9.63. The van der Waals surface area contributed by atoms with Crippen LogP contribution < -0.4 is 10.1 Å². The number of fused-ring (bicyclic) bond motifs is 6. The minimum Gasteiger partial charge on any atom is -0.496 e. The van der Waals surface area contributed by atoms with Crippen molar-refractivity contribution in [3.8, 4) is 5.75 Å². The number of nitrogens with one attached hydrogen (secondary N) is 1. The number of hydrogen-bond donors (Lipinski definition) is 1. The predicted molar refractivity (Wildman–Crippen MR) is 129 cm³/mol. The number of amides is 1. The van der Waals surface area contributed by atoms with Crippen molar-refractivity contribution in [2.45, 2.75) is 58.3 Å². The molecule has 8 nitrogen and oxygen atoms in total. The lowest BCUT2D eigenvalue weighted by Crippen LogP contribution is -2.48. The van der Waals surface area contributed by atoms with E-state index in [1.54, 1.807) is 6.07 Å². The second kappa shape index (κ2) is 6.98. The van der Waals surface area contributed by atoms with Gasteiger partial charge in [-0.3, -0.25) is 14.9 Å². The van der Waals surface area contributed by atoms with Gasteiger partial charge < -0.3 is 10.1 Å². The van der Waals surface area contributed by atoms with Crippen molar-refractivity contribution >= 4 is 28.3 Å². The van der Waals surface area contributed by atoms with Crippen LogP contribution in [0.15, 0.2) is 30.3 Å². The van der Waals surface area contributed by atoms with Crippen LogP contribution in [0.5, 0.6) is 5.75 Å². The number of anilines is 1. The first-order valence-corrected chi connectivity index (χ1v) is 11.4. The number of ether oxygens (including phenoxy) is 1. The first-order chi connectivity index (χ1) is 16.0. The van der Waals surface area contributed by atoms with Crippen LogP contribution in [0.25, 0.3) is 11.0 Å². The minimum absolute atomic E-state index is 0.142. The Morgan fingerprint density at radius 3 is 2.24 bits per heavy atom. The van der Waals surface area contributed by atoms with Crippen molar-refractivity contribution < 1.29 is 14.5 Å². The maximum Gasteiger partial charge on any atom is 0.296 e. The highest BCUT2D eigenvalue weighted by atomic mass is 16.6. The summed E-state index contributed by atoms with van der Waals surface area (Å²) in [4.78, 5) is 35.3. The third kappa shape index (κ3) is 2.62. The SMILES string of the molecule is COc1ccc(NC(=O)C23CCC(C)(c4nc5cc(C)c(C)cc5nc42)C3(C)C)c([N+](=O)[O-])c1. The molecule has 2 aromatic carbocycles. The summed E-state index contributed by atoms with van der Waals surface area (Å²) in [5.74, 6) is 0.0663. The van der Waals surface area contributed by atoms with Crippen molar-refractivity contribution in [1.29, 1.82) is 0 Å². The third-order valence-electron chi connectivity index (χ3n) is 8.69. The second-order valence-corrected chi connectivity index (χ2v) is 10.3. The van der Waals surface area contributed by atoms with Crippen molar-refractivity contribution in [3.05, 3.63) is 63.0 Å². The van der Waals surface area contributed by atoms with Crippen molar-refractivity contribution in [2.75, 3.05) is 12.4 Å². The largest absolute Gasteiger partial charge is 0.496 e. The topological polar surface area (TPSA) is 107 Å². The van der Waals surface area contributed by atoms with Gasteiger partial charge in [0.1, 0.15) is 11.4 Å². The lowest BCUT2D eigenvalue weighted by Gasteiger charge is -2.39. The van der Waals surface area contributed by atoms with Crippen LogP contribution >= 0.6 is 0 Å². The highest BCUT2D eigenvalue weighted by molar-refractivity contribution is 6.03. The van der Waals surface area contributed by atoms with Gasteiger partial charge in [-0.1, -0.05) is 20.8 Å². The molecule has 1 fully saturated rings. The van der Waals surface area contributed by atoms with E-state index in [9.17, 15) is 14.9 Å². The van der Waals surface area contributed by atoms with Crippen LogP contribution in [-0.4, -0.2) is 27.9 Å². The van der Waals surface area contributed by atoms with Crippen LogP contribution in [0, 0.1) is 29.4 Å². The van der Waals surface area contributed by atoms with Crippen molar-refractivity contribution in [1.82, 2.24) is 9.97 Å². The number of nitrogens with zero attached hydrogens (tertiary/aromatic N) is 3. The second-order valence-electron chi connectivity index (χ2n) is 10.3. The van der Waals surface area contributed by atoms with E-state index < -0.39 is 15.8 Å². The molecular weight excluding hydrogens is 432 g/mol.